The number of rotatable bonds is 2. The van der Waals surface area contributed by atoms with Crippen molar-refractivity contribution in [2.45, 2.75) is 18.9 Å². The molecule has 2 unspecified atom stereocenters. The first kappa shape index (κ1) is 11.3. The van der Waals surface area contributed by atoms with Crippen molar-refractivity contribution in [3.63, 3.8) is 0 Å². The Hall–Kier alpha value is -0.230. The summed E-state index contributed by atoms with van der Waals surface area (Å²) in [6, 6.07) is -0.145. The second-order valence-corrected chi connectivity index (χ2v) is 7.55. The highest BCUT2D eigenvalue weighted by Crippen LogP contribution is 2.24. The molecule has 0 bridgehead atoms. The van der Waals surface area contributed by atoms with Crippen molar-refractivity contribution in [2.24, 2.45) is 5.92 Å². The fraction of sp³-hybridized carbons (Fsp3) is 0.889. The van der Waals surface area contributed by atoms with Gasteiger partial charge in [0.1, 0.15) is 0 Å². The van der Waals surface area contributed by atoms with Crippen molar-refractivity contribution in [3.8, 4) is 0 Å². The van der Waals surface area contributed by atoms with Gasteiger partial charge in [-0.2, -0.15) is 11.8 Å². The molecule has 15 heavy (non-hydrogen) atoms. The number of hydrogen-bond acceptors (Lipinski definition) is 4. The maximum Gasteiger partial charge on any atom is 0.224 e. The predicted molar refractivity (Wildman–Crippen MR) is 60.6 cm³/mol. The number of amides is 1. The SMILES string of the molecule is O=C(NC1CCS(=O)(=O)C1)C1CCSC1. The van der Waals surface area contributed by atoms with E-state index in [9.17, 15) is 13.2 Å². The zero-order valence-electron chi connectivity index (χ0n) is 8.44. The number of carbonyl (C=O) groups excluding carboxylic acids is 1. The molecule has 2 saturated heterocycles. The van der Waals surface area contributed by atoms with Crippen LogP contribution in [0.4, 0.5) is 0 Å². The number of carbonyl (C=O) groups is 1. The van der Waals surface area contributed by atoms with Gasteiger partial charge in [-0.25, -0.2) is 8.42 Å². The van der Waals surface area contributed by atoms with Gasteiger partial charge >= 0.3 is 0 Å². The molecular formula is C9H15NO3S2. The standard InChI is InChI=1S/C9H15NO3S2/c11-9(7-1-3-14-5-7)10-8-2-4-15(12,13)6-8/h7-8H,1-6H2,(H,10,11). The Morgan fingerprint density at radius 1 is 1.33 bits per heavy atom. The van der Waals surface area contributed by atoms with E-state index in [1.807, 2.05) is 0 Å². The maximum atomic E-state index is 11.7. The van der Waals surface area contributed by atoms with Crippen molar-refractivity contribution in [1.82, 2.24) is 5.32 Å². The number of sulfone groups is 1. The molecule has 0 aromatic heterocycles. The summed E-state index contributed by atoms with van der Waals surface area (Å²) in [4.78, 5) is 11.7. The van der Waals surface area contributed by atoms with Crippen LogP contribution in [0, 0.1) is 5.92 Å². The molecule has 2 rings (SSSR count). The first-order valence-electron chi connectivity index (χ1n) is 5.15. The molecule has 1 N–H and O–H groups in total. The van der Waals surface area contributed by atoms with Gasteiger partial charge in [0.25, 0.3) is 0 Å². The van der Waals surface area contributed by atoms with Gasteiger partial charge in [-0.3, -0.25) is 4.79 Å². The monoisotopic (exact) mass is 249 g/mol. The molecule has 0 saturated carbocycles. The lowest BCUT2D eigenvalue weighted by atomic mass is 10.1. The molecule has 0 radical (unpaired) electrons. The summed E-state index contributed by atoms with van der Waals surface area (Å²) in [6.07, 6.45) is 1.50. The second-order valence-electron chi connectivity index (χ2n) is 4.17. The Kier molecular flexibility index (Phi) is 3.25. The lowest BCUT2D eigenvalue weighted by Crippen LogP contribution is -2.39. The second kappa shape index (κ2) is 4.33. The van der Waals surface area contributed by atoms with Gasteiger partial charge in [-0.15, -0.1) is 0 Å². The number of thioether (sulfide) groups is 1. The smallest absolute Gasteiger partial charge is 0.224 e. The molecule has 6 heteroatoms. The zero-order valence-corrected chi connectivity index (χ0v) is 10.1. The summed E-state index contributed by atoms with van der Waals surface area (Å²) in [6.45, 7) is 0. The lowest BCUT2D eigenvalue weighted by Gasteiger charge is -2.14. The Bertz CT molecular complexity index is 346. The maximum absolute atomic E-state index is 11.7. The summed E-state index contributed by atoms with van der Waals surface area (Å²) in [7, 11) is -2.88. The zero-order chi connectivity index (χ0) is 10.9. The third kappa shape index (κ3) is 2.87. The van der Waals surface area contributed by atoms with Crippen LogP contribution < -0.4 is 5.32 Å². The van der Waals surface area contributed by atoms with Crippen LogP contribution in [-0.2, 0) is 14.6 Å². The van der Waals surface area contributed by atoms with Crippen LogP contribution in [-0.4, -0.2) is 43.4 Å². The predicted octanol–water partition coefficient (Wildman–Crippen LogP) is 0.0428. The van der Waals surface area contributed by atoms with Gasteiger partial charge < -0.3 is 5.32 Å². The summed E-state index contributed by atoms with van der Waals surface area (Å²) in [5.74, 6) is 2.41. The highest BCUT2D eigenvalue weighted by Gasteiger charge is 2.31. The van der Waals surface area contributed by atoms with E-state index in [0.29, 0.717) is 6.42 Å². The minimum absolute atomic E-state index is 0.0436. The first-order valence-corrected chi connectivity index (χ1v) is 8.13. The van der Waals surface area contributed by atoms with E-state index in [-0.39, 0.29) is 29.4 Å². The van der Waals surface area contributed by atoms with Gasteiger partial charge in [0.05, 0.1) is 11.5 Å². The van der Waals surface area contributed by atoms with Crippen LogP contribution in [0.3, 0.4) is 0 Å². The molecule has 2 atom stereocenters. The molecule has 0 aromatic carbocycles. The van der Waals surface area contributed by atoms with E-state index < -0.39 is 9.84 Å². The molecule has 1 amide bonds. The normalized spacial score (nSPS) is 34.1. The molecule has 2 fully saturated rings. The Labute approximate surface area is 94.1 Å². The van der Waals surface area contributed by atoms with E-state index in [2.05, 4.69) is 5.32 Å². The highest BCUT2D eigenvalue weighted by molar-refractivity contribution is 7.99. The van der Waals surface area contributed by atoms with Crippen molar-refractivity contribution < 1.29 is 13.2 Å². The molecule has 2 heterocycles. The molecule has 0 spiro atoms. The van der Waals surface area contributed by atoms with Gasteiger partial charge in [0, 0.05) is 17.7 Å². The van der Waals surface area contributed by atoms with Gasteiger partial charge in [0.15, 0.2) is 9.84 Å². The Morgan fingerprint density at radius 3 is 2.67 bits per heavy atom. The number of hydrogen-bond donors (Lipinski definition) is 1. The molecular weight excluding hydrogens is 234 g/mol. The highest BCUT2D eigenvalue weighted by atomic mass is 32.2. The van der Waals surface area contributed by atoms with Crippen LogP contribution in [0.1, 0.15) is 12.8 Å². The summed E-state index contributed by atoms with van der Waals surface area (Å²) in [5.41, 5.74) is 0. The average Bonchev–Trinajstić information content (AvgIpc) is 2.74. The summed E-state index contributed by atoms with van der Waals surface area (Å²) in [5, 5.41) is 2.84. The van der Waals surface area contributed by atoms with Crippen molar-refractivity contribution in [2.75, 3.05) is 23.0 Å². The van der Waals surface area contributed by atoms with E-state index in [1.165, 1.54) is 0 Å². The average molecular weight is 249 g/mol. The molecule has 86 valence electrons. The van der Waals surface area contributed by atoms with E-state index >= 15 is 0 Å². The minimum atomic E-state index is -2.88. The Balaban J connectivity index is 1.85. The molecule has 2 aliphatic rings. The fourth-order valence-electron chi connectivity index (χ4n) is 1.97. The fourth-order valence-corrected chi connectivity index (χ4v) is 4.86. The van der Waals surface area contributed by atoms with Crippen LogP contribution in [0.15, 0.2) is 0 Å². The van der Waals surface area contributed by atoms with Gasteiger partial charge in [-0.05, 0) is 18.6 Å². The molecule has 0 aliphatic carbocycles. The van der Waals surface area contributed by atoms with Crippen LogP contribution >= 0.6 is 11.8 Å². The quantitative estimate of drug-likeness (QED) is 0.751. The van der Waals surface area contributed by atoms with Crippen LogP contribution in [0.5, 0.6) is 0 Å². The number of nitrogens with one attached hydrogen (secondary N) is 1. The minimum Gasteiger partial charge on any atom is -0.352 e. The lowest BCUT2D eigenvalue weighted by molar-refractivity contribution is -0.124. The van der Waals surface area contributed by atoms with E-state index in [1.54, 1.807) is 11.8 Å². The van der Waals surface area contributed by atoms with Crippen LogP contribution in [0.25, 0.3) is 0 Å². The van der Waals surface area contributed by atoms with E-state index in [0.717, 1.165) is 17.9 Å². The van der Waals surface area contributed by atoms with Crippen molar-refractivity contribution in [3.05, 3.63) is 0 Å². The van der Waals surface area contributed by atoms with E-state index in [4.69, 9.17) is 0 Å². The first-order chi connectivity index (χ1) is 7.07. The molecule has 0 aromatic rings. The largest absolute Gasteiger partial charge is 0.352 e. The topological polar surface area (TPSA) is 63.2 Å². The van der Waals surface area contributed by atoms with Crippen molar-refractivity contribution in [1.29, 1.82) is 0 Å². The van der Waals surface area contributed by atoms with Crippen LogP contribution in [0.2, 0.25) is 0 Å². The third-order valence-electron chi connectivity index (χ3n) is 2.88. The Morgan fingerprint density at radius 2 is 2.13 bits per heavy atom. The summed E-state index contributed by atoms with van der Waals surface area (Å²) >= 11 is 1.79. The van der Waals surface area contributed by atoms with Crippen molar-refractivity contribution >= 4 is 27.5 Å². The third-order valence-corrected chi connectivity index (χ3v) is 5.81. The van der Waals surface area contributed by atoms with Gasteiger partial charge in [0.2, 0.25) is 5.91 Å². The molecule has 4 nitrogen and oxygen atoms in total. The van der Waals surface area contributed by atoms with Gasteiger partial charge in [-0.1, -0.05) is 0 Å². The summed E-state index contributed by atoms with van der Waals surface area (Å²) < 4.78 is 22.4. The molecule has 2 aliphatic heterocycles.